The number of methoxy groups -OCH3 is 1. The fraction of sp³-hybridized carbons (Fsp3) is 0.300. The number of benzene rings is 1. The Morgan fingerprint density at radius 2 is 2.00 bits per heavy atom. The minimum atomic E-state index is 0.569. The topological polar surface area (TPSA) is 47.6 Å². The monoisotopic (exact) mass is 178 g/mol. The van der Waals surface area contributed by atoms with E-state index in [9.17, 15) is 0 Å². The first-order chi connectivity index (χ1) is 6.22. The lowest BCUT2D eigenvalue weighted by atomic mass is 10.2. The molecule has 3 nitrogen and oxygen atoms in total. The van der Waals surface area contributed by atoms with Gasteiger partial charge in [0.2, 0.25) is 0 Å². The van der Waals surface area contributed by atoms with Crippen molar-refractivity contribution in [2.75, 3.05) is 7.11 Å². The number of aliphatic imine (C=N–C) groups is 1. The lowest BCUT2D eigenvalue weighted by Gasteiger charge is -1.99. The molecular weight excluding hydrogens is 164 g/mol. The van der Waals surface area contributed by atoms with Crippen LogP contribution in [0.4, 0.5) is 5.69 Å². The van der Waals surface area contributed by atoms with Gasteiger partial charge in [-0.2, -0.15) is 0 Å². The lowest BCUT2D eigenvalue weighted by molar-refractivity contribution is 0.185. The van der Waals surface area contributed by atoms with Gasteiger partial charge in [-0.15, -0.1) is 0 Å². The molecule has 0 fully saturated rings. The summed E-state index contributed by atoms with van der Waals surface area (Å²) in [4.78, 5) is 4.11. The van der Waals surface area contributed by atoms with Crippen LogP contribution in [-0.4, -0.2) is 12.9 Å². The maximum Gasteiger partial charge on any atom is 0.0964 e. The molecule has 0 atom stereocenters. The molecule has 1 aromatic rings. The van der Waals surface area contributed by atoms with Gasteiger partial charge in [-0.25, -0.2) is 4.99 Å². The third kappa shape index (κ3) is 3.25. The van der Waals surface area contributed by atoms with Crippen LogP contribution in [-0.2, 0) is 11.3 Å². The lowest BCUT2D eigenvalue weighted by Crippen LogP contribution is -2.03. The molecule has 0 heterocycles. The molecule has 0 saturated carbocycles. The Hall–Kier alpha value is -1.35. The second-order valence-electron chi connectivity index (χ2n) is 2.85. The second kappa shape index (κ2) is 4.62. The van der Waals surface area contributed by atoms with Crippen LogP contribution in [0.25, 0.3) is 0 Å². The molecular formula is C10H14N2O. The summed E-state index contributed by atoms with van der Waals surface area (Å²) in [6, 6.07) is 7.80. The van der Waals surface area contributed by atoms with E-state index in [1.807, 2.05) is 24.3 Å². The van der Waals surface area contributed by atoms with Crippen LogP contribution in [0, 0.1) is 0 Å². The smallest absolute Gasteiger partial charge is 0.0964 e. The minimum Gasteiger partial charge on any atom is -0.387 e. The molecule has 1 rings (SSSR count). The third-order valence-corrected chi connectivity index (χ3v) is 1.55. The molecule has 13 heavy (non-hydrogen) atoms. The molecule has 70 valence electrons. The molecule has 3 heteroatoms. The standard InChI is InChI=1S/C10H14N2O/c1-8(11)12-10-5-3-9(4-6-10)7-13-2/h3-6H,7H2,1-2H3,(H2,11,12). The van der Waals surface area contributed by atoms with Gasteiger partial charge in [-0.05, 0) is 24.6 Å². The molecule has 0 spiro atoms. The van der Waals surface area contributed by atoms with Crippen molar-refractivity contribution < 1.29 is 4.74 Å². The Labute approximate surface area is 78.2 Å². The molecule has 0 saturated heterocycles. The van der Waals surface area contributed by atoms with E-state index in [-0.39, 0.29) is 0 Å². The molecule has 0 unspecified atom stereocenters. The van der Waals surface area contributed by atoms with E-state index >= 15 is 0 Å². The van der Waals surface area contributed by atoms with Gasteiger partial charge < -0.3 is 10.5 Å². The molecule has 2 N–H and O–H groups in total. The van der Waals surface area contributed by atoms with Crippen LogP contribution in [0.2, 0.25) is 0 Å². The van der Waals surface area contributed by atoms with Crippen molar-refractivity contribution >= 4 is 11.5 Å². The zero-order valence-corrected chi connectivity index (χ0v) is 7.95. The van der Waals surface area contributed by atoms with Gasteiger partial charge >= 0.3 is 0 Å². The summed E-state index contributed by atoms with van der Waals surface area (Å²) in [5.41, 5.74) is 7.46. The maximum absolute atomic E-state index is 5.45. The molecule has 1 aromatic carbocycles. The second-order valence-corrected chi connectivity index (χ2v) is 2.85. The molecule has 0 amide bonds. The zero-order valence-electron chi connectivity index (χ0n) is 7.95. The average molecular weight is 178 g/mol. The van der Waals surface area contributed by atoms with E-state index in [1.165, 1.54) is 0 Å². The van der Waals surface area contributed by atoms with Gasteiger partial charge in [0.15, 0.2) is 0 Å². The predicted molar refractivity (Wildman–Crippen MR) is 54.1 cm³/mol. The Morgan fingerprint density at radius 1 is 1.38 bits per heavy atom. The SMILES string of the molecule is COCc1ccc(N=C(C)N)cc1. The zero-order chi connectivity index (χ0) is 9.68. The third-order valence-electron chi connectivity index (χ3n) is 1.55. The van der Waals surface area contributed by atoms with E-state index in [0.717, 1.165) is 11.3 Å². The summed E-state index contributed by atoms with van der Waals surface area (Å²) < 4.78 is 4.99. The van der Waals surface area contributed by atoms with Crippen LogP contribution in [0.15, 0.2) is 29.3 Å². The molecule has 0 aliphatic heterocycles. The fourth-order valence-corrected chi connectivity index (χ4v) is 1.04. The Bertz CT molecular complexity index is 286. The molecule has 0 aromatic heterocycles. The van der Waals surface area contributed by atoms with Gasteiger partial charge in [0.05, 0.1) is 18.1 Å². The highest BCUT2D eigenvalue weighted by atomic mass is 16.5. The number of ether oxygens (including phenoxy) is 1. The Kier molecular flexibility index (Phi) is 3.46. The van der Waals surface area contributed by atoms with Gasteiger partial charge in [-0.1, -0.05) is 12.1 Å². The first kappa shape index (κ1) is 9.74. The van der Waals surface area contributed by atoms with Gasteiger partial charge in [0.1, 0.15) is 0 Å². The molecule has 0 bridgehead atoms. The van der Waals surface area contributed by atoms with Gasteiger partial charge in [0.25, 0.3) is 0 Å². The number of hydrogen-bond acceptors (Lipinski definition) is 2. The number of amidine groups is 1. The van der Waals surface area contributed by atoms with E-state index in [1.54, 1.807) is 14.0 Å². The quantitative estimate of drug-likeness (QED) is 0.567. The Balaban J connectivity index is 2.75. The summed E-state index contributed by atoms with van der Waals surface area (Å²) >= 11 is 0. The highest BCUT2D eigenvalue weighted by Crippen LogP contribution is 2.13. The molecule has 0 radical (unpaired) electrons. The minimum absolute atomic E-state index is 0.569. The summed E-state index contributed by atoms with van der Waals surface area (Å²) in [6.07, 6.45) is 0. The number of hydrogen-bond donors (Lipinski definition) is 1. The summed E-state index contributed by atoms with van der Waals surface area (Å²) in [5.74, 6) is 0.569. The van der Waals surface area contributed by atoms with Crippen LogP contribution in [0.1, 0.15) is 12.5 Å². The summed E-state index contributed by atoms with van der Waals surface area (Å²) in [6.45, 7) is 2.40. The Morgan fingerprint density at radius 3 is 2.46 bits per heavy atom. The first-order valence-electron chi connectivity index (χ1n) is 4.11. The fourth-order valence-electron chi connectivity index (χ4n) is 1.04. The number of nitrogens with two attached hydrogens (primary N) is 1. The van der Waals surface area contributed by atoms with Crippen molar-refractivity contribution in [1.29, 1.82) is 0 Å². The van der Waals surface area contributed by atoms with E-state index < -0.39 is 0 Å². The van der Waals surface area contributed by atoms with Crippen LogP contribution < -0.4 is 5.73 Å². The van der Waals surface area contributed by atoms with Crippen LogP contribution in [0.3, 0.4) is 0 Å². The van der Waals surface area contributed by atoms with Crippen LogP contribution in [0.5, 0.6) is 0 Å². The normalized spacial score (nSPS) is 11.7. The highest BCUT2D eigenvalue weighted by molar-refractivity contribution is 5.80. The van der Waals surface area contributed by atoms with Crippen LogP contribution >= 0.6 is 0 Å². The largest absolute Gasteiger partial charge is 0.387 e. The highest BCUT2D eigenvalue weighted by Gasteiger charge is 1.92. The van der Waals surface area contributed by atoms with E-state index in [4.69, 9.17) is 10.5 Å². The average Bonchev–Trinajstić information content (AvgIpc) is 2.08. The molecule has 0 aliphatic rings. The predicted octanol–water partition coefficient (Wildman–Crippen LogP) is 1.84. The first-order valence-corrected chi connectivity index (χ1v) is 4.11. The van der Waals surface area contributed by atoms with Crippen molar-refractivity contribution in [3.05, 3.63) is 29.8 Å². The van der Waals surface area contributed by atoms with Crippen molar-refractivity contribution in [2.24, 2.45) is 10.7 Å². The van der Waals surface area contributed by atoms with Crippen molar-refractivity contribution in [3.63, 3.8) is 0 Å². The van der Waals surface area contributed by atoms with Gasteiger partial charge in [-0.3, -0.25) is 0 Å². The van der Waals surface area contributed by atoms with Crippen molar-refractivity contribution in [1.82, 2.24) is 0 Å². The van der Waals surface area contributed by atoms with Gasteiger partial charge in [0, 0.05) is 7.11 Å². The number of nitrogens with zero attached hydrogens (tertiary/aromatic N) is 1. The summed E-state index contributed by atoms with van der Waals surface area (Å²) in [7, 11) is 1.68. The van der Waals surface area contributed by atoms with E-state index in [2.05, 4.69) is 4.99 Å². The summed E-state index contributed by atoms with van der Waals surface area (Å²) in [5, 5.41) is 0. The number of rotatable bonds is 3. The maximum atomic E-state index is 5.45. The van der Waals surface area contributed by atoms with Crippen molar-refractivity contribution in [2.45, 2.75) is 13.5 Å². The van der Waals surface area contributed by atoms with E-state index in [0.29, 0.717) is 12.4 Å². The molecule has 0 aliphatic carbocycles. The van der Waals surface area contributed by atoms with Crippen molar-refractivity contribution in [3.8, 4) is 0 Å².